The maximum absolute atomic E-state index is 13.3. The molecule has 0 aromatic heterocycles. The second kappa shape index (κ2) is 27.7. The number of rotatable bonds is 29. The summed E-state index contributed by atoms with van der Waals surface area (Å²) in [4.78, 5) is 51.6. The third-order valence-electron chi connectivity index (χ3n) is 7.28. The third kappa shape index (κ3) is 21.6. The van der Waals surface area contributed by atoms with Gasteiger partial charge >= 0.3 is 23.9 Å². The van der Waals surface area contributed by atoms with E-state index in [9.17, 15) is 19.2 Å². The van der Waals surface area contributed by atoms with Crippen molar-refractivity contribution in [1.29, 1.82) is 0 Å². The zero-order valence-corrected chi connectivity index (χ0v) is 27.4. The van der Waals surface area contributed by atoms with E-state index < -0.39 is 42.3 Å². The highest BCUT2D eigenvalue weighted by Gasteiger charge is 2.49. The van der Waals surface area contributed by atoms with Gasteiger partial charge < -0.3 is 18.9 Å². The quantitative estimate of drug-likeness (QED) is 0.0479. The monoisotopic (exact) mass is 598 g/mol. The molecule has 0 N–H and O–H groups in total. The molecule has 0 rings (SSSR count). The van der Waals surface area contributed by atoms with Crippen LogP contribution in [0.4, 0.5) is 0 Å². The molecule has 0 bridgehead atoms. The molecule has 0 atom stereocenters. The first-order valence-electron chi connectivity index (χ1n) is 17.0. The lowest BCUT2D eigenvalue weighted by atomic mass is 9.94. The highest BCUT2D eigenvalue weighted by Crippen LogP contribution is 2.27. The van der Waals surface area contributed by atoms with Crippen LogP contribution in [0.25, 0.3) is 0 Å². The Bertz CT molecular complexity index is 682. The van der Waals surface area contributed by atoms with Crippen LogP contribution in [0.1, 0.15) is 169 Å². The lowest BCUT2D eigenvalue weighted by molar-refractivity contribution is -0.191. The van der Waals surface area contributed by atoms with Crippen LogP contribution in [-0.2, 0) is 38.1 Å². The van der Waals surface area contributed by atoms with Crippen LogP contribution in [0, 0.1) is 0 Å². The predicted molar refractivity (Wildman–Crippen MR) is 166 cm³/mol. The topological polar surface area (TPSA) is 105 Å². The fraction of sp³-hybridized carbons (Fsp3) is 0.882. The van der Waals surface area contributed by atoms with E-state index in [0.29, 0.717) is 25.7 Å². The summed E-state index contributed by atoms with van der Waals surface area (Å²) in [6.07, 6.45) is 18.7. The molecule has 0 saturated heterocycles. The Morgan fingerprint density at radius 1 is 0.429 bits per heavy atom. The highest BCUT2D eigenvalue weighted by atomic mass is 16.6. The average molecular weight is 599 g/mol. The smallest absolute Gasteiger partial charge is 0.351 e. The number of ether oxygens (including phenoxy) is 4. The van der Waals surface area contributed by atoms with Crippen molar-refractivity contribution in [3.05, 3.63) is 0 Å². The van der Waals surface area contributed by atoms with Crippen molar-refractivity contribution in [3.63, 3.8) is 0 Å². The molecular formula is C34H62O8. The summed E-state index contributed by atoms with van der Waals surface area (Å²) in [5.74, 6) is -2.97. The molecule has 246 valence electrons. The van der Waals surface area contributed by atoms with E-state index in [4.69, 9.17) is 18.9 Å². The second-order valence-corrected chi connectivity index (χ2v) is 11.5. The molecular weight excluding hydrogens is 536 g/mol. The van der Waals surface area contributed by atoms with Gasteiger partial charge in [0.05, 0.1) is 32.7 Å². The minimum absolute atomic E-state index is 0.0948. The minimum Gasteiger partial charge on any atom is -0.466 e. The van der Waals surface area contributed by atoms with Crippen LogP contribution in [0.2, 0.25) is 0 Å². The Hall–Kier alpha value is -2.12. The Kier molecular flexibility index (Phi) is 26.3. The van der Waals surface area contributed by atoms with E-state index in [1.54, 1.807) is 0 Å². The van der Waals surface area contributed by atoms with Crippen molar-refractivity contribution in [2.24, 2.45) is 0 Å². The summed E-state index contributed by atoms with van der Waals surface area (Å²) in [6, 6.07) is 0. The van der Waals surface area contributed by atoms with Crippen LogP contribution < -0.4 is 0 Å². The average Bonchev–Trinajstić information content (AvgIpc) is 2.95. The van der Waals surface area contributed by atoms with Crippen molar-refractivity contribution in [3.8, 4) is 0 Å². The molecule has 42 heavy (non-hydrogen) atoms. The SMILES string of the molecule is CCCCCCCCCCCCCCCC(=O)OC(CC(=O)OCCCC)(CC(=O)OCCCC)C(=O)OCCCC. The van der Waals surface area contributed by atoms with Gasteiger partial charge in [-0.2, -0.15) is 0 Å². The van der Waals surface area contributed by atoms with Gasteiger partial charge in [0.1, 0.15) is 0 Å². The summed E-state index contributed by atoms with van der Waals surface area (Å²) in [6.45, 7) is 8.59. The molecule has 8 nitrogen and oxygen atoms in total. The van der Waals surface area contributed by atoms with E-state index in [0.717, 1.165) is 38.5 Å². The number of carbonyl (C=O) groups excluding carboxylic acids is 4. The van der Waals surface area contributed by atoms with E-state index in [1.165, 1.54) is 57.8 Å². The van der Waals surface area contributed by atoms with Crippen molar-refractivity contribution in [2.45, 2.75) is 175 Å². The molecule has 0 amide bonds. The van der Waals surface area contributed by atoms with Gasteiger partial charge in [0, 0.05) is 6.42 Å². The third-order valence-corrected chi connectivity index (χ3v) is 7.28. The molecule has 0 saturated carbocycles. The molecule has 0 aliphatic rings. The van der Waals surface area contributed by atoms with Crippen molar-refractivity contribution in [2.75, 3.05) is 19.8 Å². The van der Waals surface area contributed by atoms with Crippen LogP contribution in [0.5, 0.6) is 0 Å². The van der Waals surface area contributed by atoms with Gasteiger partial charge in [-0.25, -0.2) is 4.79 Å². The maximum Gasteiger partial charge on any atom is 0.351 e. The van der Waals surface area contributed by atoms with Gasteiger partial charge in [0.2, 0.25) is 5.60 Å². The fourth-order valence-corrected chi connectivity index (χ4v) is 4.55. The van der Waals surface area contributed by atoms with E-state index in [2.05, 4.69) is 6.92 Å². The molecule has 0 fully saturated rings. The summed E-state index contributed by atoms with van der Waals surface area (Å²) in [7, 11) is 0. The number of esters is 4. The number of unbranched alkanes of at least 4 members (excludes halogenated alkanes) is 15. The normalized spacial score (nSPS) is 11.2. The van der Waals surface area contributed by atoms with Gasteiger partial charge in [-0.3, -0.25) is 14.4 Å². The molecule has 8 heteroatoms. The van der Waals surface area contributed by atoms with Gasteiger partial charge in [0.25, 0.3) is 0 Å². The molecule has 0 aromatic carbocycles. The Morgan fingerprint density at radius 2 is 0.786 bits per heavy atom. The molecule has 0 heterocycles. The van der Waals surface area contributed by atoms with E-state index >= 15 is 0 Å². The Labute approximate surface area is 256 Å². The van der Waals surface area contributed by atoms with E-state index in [-0.39, 0.29) is 26.2 Å². The summed E-state index contributed by atoms with van der Waals surface area (Å²) in [5.41, 5.74) is -2.10. The molecule has 0 unspecified atom stereocenters. The first-order valence-corrected chi connectivity index (χ1v) is 17.0. The lowest BCUT2D eigenvalue weighted by Crippen LogP contribution is -2.48. The first kappa shape index (κ1) is 39.9. The molecule has 0 aliphatic heterocycles. The predicted octanol–water partition coefficient (Wildman–Crippen LogP) is 8.56. The Balaban J connectivity index is 5.00. The number of carbonyl (C=O) groups is 4. The summed E-state index contributed by atoms with van der Waals surface area (Å²) >= 11 is 0. The summed E-state index contributed by atoms with van der Waals surface area (Å²) < 4.78 is 21.6. The van der Waals surface area contributed by atoms with E-state index in [1.807, 2.05) is 20.8 Å². The highest BCUT2D eigenvalue weighted by molar-refractivity contribution is 5.92. The summed E-state index contributed by atoms with van der Waals surface area (Å²) in [5, 5.41) is 0. The molecule has 0 aliphatic carbocycles. The van der Waals surface area contributed by atoms with Gasteiger partial charge in [-0.1, -0.05) is 124 Å². The number of hydrogen-bond donors (Lipinski definition) is 0. The van der Waals surface area contributed by atoms with Crippen LogP contribution >= 0.6 is 0 Å². The van der Waals surface area contributed by atoms with Crippen molar-refractivity contribution < 1.29 is 38.1 Å². The van der Waals surface area contributed by atoms with Gasteiger partial charge in [-0.15, -0.1) is 0 Å². The van der Waals surface area contributed by atoms with Crippen LogP contribution in [0.3, 0.4) is 0 Å². The molecule has 0 spiro atoms. The molecule has 0 radical (unpaired) electrons. The Morgan fingerprint density at radius 3 is 1.19 bits per heavy atom. The lowest BCUT2D eigenvalue weighted by Gasteiger charge is -2.30. The fourth-order valence-electron chi connectivity index (χ4n) is 4.55. The van der Waals surface area contributed by atoms with Crippen molar-refractivity contribution >= 4 is 23.9 Å². The zero-order chi connectivity index (χ0) is 31.3. The van der Waals surface area contributed by atoms with Crippen LogP contribution in [-0.4, -0.2) is 49.3 Å². The van der Waals surface area contributed by atoms with Gasteiger partial charge in [-0.05, 0) is 25.7 Å². The van der Waals surface area contributed by atoms with Crippen molar-refractivity contribution in [1.82, 2.24) is 0 Å². The first-order chi connectivity index (χ1) is 20.3. The maximum atomic E-state index is 13.3. The standard InChI is InChI=1S/C34H62O8/c1-5-9-13-14-15-16-17-18-19-20-21-22-23-24-30(35)42-34(33(38)41-27-12-8-4,28-31(36)39-25-10-6-2)29-32(37)40-26-11-7-3/h5-29H2,1-4H3. The number of hydrogen-bond acceptors (Lipinski definition) is 8. The zero-order valence-electron chi connectivity index (χ0n) is 27.4. The van der Waals surface area contributed by atoms with Crippen LogP contribution in [0.15, 0.2) is 0 Å². The minimum atomic E-state index is -2.10. The van der Waals surface area contributed by atoms with Gasteiger partial charge in [0.15, 0.2) is 0 Å². The largest absolute Gasteiger partial charge is 0.466 e. The second-order valence-electron chi connectivity index (χ2n) is 11.5. The molecule has 0 aromatic rings.